The van der Waals surface area contributed by atoms with Gasteiger partial charge in [-0.25, -0.2) is 14.3 Å². The third-order valence-corrected chi connectivity index (χ3v) is 16.3. The molecule has 10 rings (SSSR count). The molecule has 15 nitrogen and oxygen atoms in total. The molecule has 0 saturated heterocycles. The third kappa shape index (κ3) is 13.5. The molecule has 2 amide bonds. The van der Waals surface area contributed by atoms with E-state index in [1.807, 2.05) is 38.1 Å². The number of anilines is 3. The molecule has 3 aliphatic rings. The quantitative estimate of drug-likeness (QED) is 0.0344. The number of phenolic OH excluding ortho intramolecular Hbond substituents is 2. The van der Waals surface area contributed by atoms with E-state index in [2.05, 4.69) is 111 Å². The van der Waals surface area contributed by atoms with Crippen molar-refractivity contribution < 1.29 is 39.6 Å². The summed E-state index contributed by atoms with van der Waals surface area (Å²) in [5, 5.41) is 49.8. The number of hydrogen-bond acceptors (Lipinski definition) is 9. The lowest BCUT2D eigenvalue weighted by atomic mass is 9.80. The van der Waals surface area contributed by atoms with Crippen LogP contribution < -0.4 is 20.8 Å². The van der Waals surface area contributed by atoms with E-state index in [1.54, 1.807) is 32.1 Å². The SMILES string of the molecule is CC1=NN(c2ccc(C(=O)O)cc2)C(=O)C1=C/C=C/c1c(C)[nH]n(-c2ccc(C(=O)O)cc2)c1=O.CCC1=C(/C=C/C=C2\N(CC)c3ccc(Cl)cc3C2(C)C)C(C)(C)c2cc(Cl)ccc21.CCc1cc(CC)cc(C(=O)Nc2cc(O)ccc2O)c1. The monoisotopic (exact) mass is 1210 g/mol. The Hall–Kier alpha value is -9.44. The number of aromatic carboxylic acids is 2. The number of aromatic amines is 1. The van der Waals surface area contributed by atoms with E-state index in [4.69, 9.17) is 33.4 Å². The van der Waals surface area contributed by atoms with Gasteiger partial charge in [0.25, 0.3) is 17.4 Å². The van der Waals surface area contributed by atoms with E-state index in [-0.39, 0.29) is 56.5 Å². The van der Waals surface area contributed by atoms with Crippen molar-refractivity contribution in [3.8, 4) is 17.2 Å². The van der Waals surface area contributed by atoms with Crippen molar-refractivity contribution in [3.63, 3.8) is 0 Å². The second kappa shape index (κ2) is 26.4. The number of phenols is 2. The minimum Gasteiger partial charge on any atom is -0.508 e. The summed E-state index contributed by atoms with van der Waals surface area (Å²) in [4.78, 5) is 62.5. The maximum Gasteiger partial charge on any atom is 0.335 e. The fourth-order valence-electron chi connectivity index (χ4n) is 11.1. The summed E-state index contributed by atoms with van der Waals surface area (Å²) in [7, 11) is 0. The number of aryl methyl sites for hydroxylation is 3. The summed E-state index contributed by atoms with van der Waals surface area (Å²) in [5.41, 5.74) is 14.7. The highest BCUT2D eigenvalue weighted by atomic mass is 35.5. The Morgan fingerprint density at radius 1 is 0.655 bits per heavy atom. The second-order valence-corrected chi connectivity index (χ2v) is 23.0. The van der Waals surface area contributed by atoms with Crippen molar-refractivity contribution in [1.82, 2.24) is 9.78 Å². The molecule has 0 atom stereocenters. The van der Waals surface area contributed by atoms with E-state index >= 15 is 0 Å². The first kappa shape index (κ1) is 63.6. The molecule has 2 aliphatic heterocycles. The van der Waals surface area contributed by atoms with Crippen LogP contribution in [-0.4, -0.2) is 66.2 Å². The molecule has 6 N–H and O–H groups in total. The van der Waals surface area contributed by atoms with E-state index in [1.165, 1.54) is 116 Å². The van der Waals surface area contributed by atoms with E-state index in [0.29, 0.717) is 39.5 Å². The minimum atomic E-state index is -1.06. The topological polar surface area (TPSA) is 218 Å². The number of halogens is 2. The number of carbonyl (C=O) groups excluding carboxylic acids is 2. The molecule has 17 heteroatoms. The first-order chi connectivity index (χ1) is 41.3. The van der Waals surface area contributed by atoms with Crippen molar-refractivity contribution in [2.24, 2.45) is 5.10 Å². The molecule has 0 saturated carbocycles. The zero-order valence-corrected chi connectivity index (χ0v) is 51.7. The van der Waals surface area contributed by atoms with Crippen molar-refractivity contribution in [3.05, 3.63) is 245 Å². The molecule has 6 aromatic carbocycles. The Morgan fingerprint density at radius 3 is 1.83 bits per heavy atom. The van der Waals surface area contributed by atoms with Gasteiger partial charge in [-0.3, -0.25) is 19.5 Å². The molecular weight excluding hydrogens is 1140 g/mol. The Labute approximate surface area is 516 Å². The number of amides is 2. The van der Waals surface area contributed by atoms with Gasteiger partial charge < -0.3 is 30.6 Å². The lowest BCUT2D eigenvalue weighted by Gasteiger charge is -2.26. The van der Waals surface area contributed by atoms with Gasteiger partial charge in [-0.15, -0.1) is 0 Å². The number of hydrogen-bond donors (Lipinski definition) is 6. The average Bonchev–Trinajstić information content (AvgIpc) is 1.74. The maximum absolute atomic E-state index is 12.9. The maximum atomic E-state index is 12.9. The predicted molar refractivity (Wildman–Crippen MR) is 349 cm³/mol. The summed E-state index contributed by atoms with van der Waals surface area (Å²) in [6.07, 6.45) is 14.2. The zero-order valence-electron chi connectivity index (χ0n) is 50.2. The normalized spacial score (nSPS) is 15.6. The van der Waals surface area contributed by atoms with Gasteiger partial charge in [-0.2, -0.15) is 10.1 Å². The fourth-order valence-corrected chi connectivity index (χ4v) is 11.4. The van der Waals surface area contributed by atoms with Crippen molar-refractivity contribution in [2.45, 2.75) is 99.3 Å². The van der Waals surface area contributed by atoms with Gasteiger partial charge in [-0.05, 0) is 200 Å². The van der Waals surface area contributed by atoms with Gasteiger partial charge >= 0.3 is 11.9 Å². The lowest BCUT2D eigenvalue weighted by Crippen LogP contribution is -2.25. The van der Waals surface area contributed by atoms with Crippen molar-refractivity contribution in [1.29, 1.82) is 0 Å². The van der Waals surface area contributed by atoms with Crippen LogP contribution in [-0.2, 0) is 28.5 Å². The first-order valence-electron chi connectivity index (χ1n) is 28.6. The van der Waals surface area contributed by atoms with Crippen LogP contribution in [0.25, 0.3) is 17.3 Å². The van der Waals surface area contributed by atoms with E-state index < -0.39 is 11.9 Å². The van der Waals surface area contributed by atoms with Gasteiger partial charge in [0.2, 0.25) is 0 Å². The summed E-state index contributed by atoms with van der Waals surface area (Å²) in [6, 6.07) is 34.0. The van der Waals surface area contributed by atoms with Gasteiger partial charge in [-0.1, -0.05) is 102 Å². The molecular formula is C70H70Cl2N6O9. The molecule has 7 aromatic rings. The van der Waals surface area contributed by atoms with E-state index in [0.717, 1.165) is 47.0 Å². The molecule has 1 aliphatic carbocycles. The molecule has 0 unspecified atom stereocenters. The fraction of sp³-hybridized carbons (Fsp3) is 0.229. The van der Waals surface area contributed by atoms with Crippen LogP contribution in [0.4, 0.5) is 17.1 Å². The van der Waals surface area contributed by atoms with Crippen LogP contribution in [0.5, 0.6) is 11.5 Å². The number of carbonyl (C=O) groups is 4. The number of nitrogens with one attached hydrogen (secondary N) is 2. The molecule has 0 bridgehead atoms. The Bertz CT molecular complexity index is 4080. The number of aromatic hydroxyl groups is 2. The number of fused-ring (bicyclic) bond motifs is 2. The molecule has 448 valence electrons. The van der Waals surface area contributed by atoms with Gasteiger partial charge in [0.05, 0.1) is 45.0 Å². The number of rotatable bonds is 14. The van der Waals surface area contributed by atoms with Gasteiger partial charge in [0.1, 0.15) is 11.5 Å². The van der Waals surface area contributed by atoms with Crippen LogP contribution in [0.3, 0.4) is 0 Å². The number of H-pyrrole nitrogens is 1. The molecule has 0 spiro atoms. The molecule has 0 fully saturated rings. The third-order valence-electron chi connectivity index (χ3n) is 15.8. The summed E-state index contributed by atoms with van der Waals surface area (Å²) in [5.74, 6) is -2.90. The average molecular weight is 1210 g/mol. The van der Waals surface area contributed by atoms with E-state index in [9.17, 15) is 34.2 Å². The highest BCUT2D eigenvalue weighted by Gasteiger charge is 2.40. The molecule has 1 aromatic heterocycles. The standard InChI is InChI=1S/C28H31Cl2N.C25H20N4O6.C17H19NO3/c1-7-20-21-14-12-18(29)16-23(21)27(3,4)22(20)10-9-11-26-28(5,6)24-17-19(30)13-15-25(24)31(26)8-2;1-14-20(22(30)28(26-14)18-10-6-16(7-11-18)24(32)33)4-3-5-21-15(2)27-29(23(21)31)19-12-8-17(9-13-19)25(34)35;1-3-11-7-12(4-2)9-13(8-11)17(21)18-15-10-14(19)5-6-16(15)20/h9-17H,7-8H2,1-6H3;3-13,26H,1-2H3,(H,32,33)(H,34,35);5-10,19-20H,3-4H2,1-2H3,(H,18,21)/b10-9+,26-11-;4-3+,21-5?;. The summed E-state index contributed by atoms with van der Waals surface area (Å²) in [6.45, 7) is 22.0. The van der Waals surface area contributed by atoms with Crippen molar-refractivity contribution >= 4 is 81.4 Å². The number of likely N-dealkylation sites (N-methyl/N-ethyl adjacent to an activating group) is 1. The van der Waals surface area contributed by atoms with Crippen LogP contribution >= 0.6 is 23.2 Å². The van der Waals surface area contributed by atoms with Crippen LogP contribution in [0.1, 0.15) is 139 Å². The summed E-state index contributed by atoms with van der Waals surface area (Å²) >= 11 is 12.7. The Morgan fingerprint density at radius 2 is 1.24 bits per heavy atom. The molecule has 0 radical (unpaired) electrons. The van der Waals surface area contributed by atoms with Crippen LogP contribution in [0, 0.1) is 6.92 Å². The number of benzene rings is 6. The highest BCUT2D eigenvalue weighted by molar-refractivity contribution is 6.31. The number of nitrogens with zero attached hydrogens (tertiary/aromatic N) is 4. The number of carboxylic acid groups (broad SMARTS) is 2. The largest absolute Gasteiger partial charge is 0.508 e. The lowest BCUT2D eigenvalue weighted by molar-refractivity contribution is -0.114. The summed E-state index contributed by atoms with van der Waals surface area (Å²) < 4.78 is 1.31. The zero-order chi connectivity index (χ0) is 63.2. The smallest absolute Gasteiger partial charge is 0.335 e. The first-order valence-corrected chi connectivity index (χ1v) is 29.3. The van der Waals surface area contributed by atoms with Crippen LogP contribution in [0.2, 0.25) is 10.0 Å². The minimum absolute atomic E-state index is 0.0142. The van der Waals surface area contributed by atoms with Crippen LogP contribution in [0.15, 0.2) is 178 Å². The Kier molecular flexibility index (Phi) is 19.3. The number of aromatic nitrogens is 2. The Balaban J connectivity index is 0.000000175. The van der Waals surface area contributed by atoms with Crippen molar-refractivity contribution in [2.75, 3.05) is 21.8 Å². The number of allylic oxidation sites excluding steroid dienone is 8. The molecule has 87 heavy (non-hydrogen) atoms. The number of carboxylic acids is 2. The highest BCUT2D eigenvalue weighted by Crippen LogP contribution is 2.50. The number of hydrazone groups is 1. The predicted octanol–water partition coefficient (Wildman–Crippen LogP) is 15.4. The molecule has 3 heterocycles. The van der Waals surface area contributed by atoms with Gasteiger partial charge in [0.15, 0.2) is 0 Å². The van der Waals surface area contributed by atoms with Gasteiger partial charge in [0, 0.05) is 56.1 Å². The second-order valence-electron chi connectivity index (χ2n) is 22.1.